The lowest BCUT2D eigenvalue weighted by Gasteiger charge is -2.20. The van der Waals surface area contributed by atoms with Gasteiger partial charge in [0.2, 0.25) is 5.96 Å². The van der Waals surface area contributed by atoms with Gasteiger partial charge in [0.25, 0.3) is 5.91 Å². The average molecular weight is 318 g/mol. The number of hydrogen-bond acceptors (Lipinski definition) is 5. The third-order valence-electron chi connectivity index (χ3n) is 3.13. The molecule has 0 radical (unpaired) electrons. The first-order valence-electron chi connectivity index (χ1n) is 7.29. The van der Waals surface area contributed by atoms with E-state index < -0.39 is 5.91 Å². The second-order valence-electron chi connectivity index (χ2n) is 5.37. The van der Waals surface area contributed by atoms with Gasteiger partial charge >= 0.3 is 0 Å². The molecule has 23 heavy (non-hydrogen) atoms. The van der Waals surface area contributed by atoms with Crippen LogP contribution in [0.1, 0.15) is 37.7 Å². The zero-order chi connectivity index (χ0) is 17.3. The number of nitrogens with one attached hydrogen (secondary N) is 3. The minimum atomic E-state index is -0.423. The van der Waals surface area contributed by atoms with Crippen LogP contribution in [-0.4, -0.2) is 40.6 Å². The van der Waals surface area contributed by atoms with Gasteiger partial charge in [-0.25, -0.2) is 9.98 Å². The molecule has 0 fully saturated rings. The highest BCUT2D eigenvalue weighted by molar-refractivity contribution is 6.03. The molecule has 0 bridgehead atoms. The molecule has 0 spiro atoms. The number of pyridine rings is 1. The Morgan fingerprint density at radius 2 is 2.26 bits per heavy atom. The highest BCUT2D eigenvalue weighted by Crippen LogP contribution is 2.16. The van der Waals surface area contributed by atoms with Crippen LogP contribution >= 0.6 is 0 Å². The quantitative estimate of drug-likeness (QED) is 0.267. The largest absolute Gasteiger partial charge is 0.395 e. The number of aromatic nitrogens is 1. The van der Waals surface area contributed by atoms with Crippen LogP contribution in [0.15, 0.2) is 23.3 Å². The SMILES string of the molecule is CCC(C)(C)N=C(NC#N)Nc1cccnc1C(=O)NCCO. The number of aliphatic hydroxyl groups is 1. The van der Waals surface area contributed by atoms with Gasteiger partial charge in [0, 0.05) is 12.7 Å². The smallest absolute Gasteiger partial charge is 0.272 e. The molecule has 1 amide bonds. The Morgan fingerprint density at radius 1 is 1.52 bits per heavy atom. The molecule has 0 aromatic carbocycles. The normalized spacial score (nSPS) is 11.5. The fraction of sp³-hybridized carbons (Fsp3) is 0.467. The second kappa shape index (κ2) is 8.70. The molecule has 1 heterocycles. The standard InChI is InChI=1S/C15H22N6O2/c1-4-15(2,3)21-14(19-10-16)20-11-6-5-7-17-12(11)13(23)18-8-9-22/h5-7,22H,4,8-9H2,1-3H3,(H,18,23)(H2,19,20,21). The first-order chi connectivity index (χ1) is 10.9. The Balaban J connectivity index is 3.06. The Morgan fingerprint density at radius 3 is 2.87 bits per heavy atom. The third-order valence-corrected chi connectivity index (χ3v) is 3.13. The van der Waals surface area contributed by atoms with Gasteiger partial charge < -0.3 is 15.7 Å². The number of amides is 1. The molecule has 4 N–H and O–H groups in total. The summed E-state index contributed by atoms with van der Waals surface area (Å²) >= 11 is 0. The molecule has 1 aromatic heterocycles. The van der Waals surface area contributed by atoms with Crippen molar-refractivity contribution >= 4 is 17.6 Å². The van der Waals surface area contributed by atoms with E-state index in [0.717, 1.165) is 6.42 Å². The van der Waals surface area contributed by atoms with E-state index in [1.165, 1.54) is 6.20 Å². The molecule has 8 heteroatoms. The van der Waals surface area contributed by atoms with E-state index >= 15 is 0 Å². The van der Waals surface area contributed by atoms with Gasteiger partial charge in [-0.2, -0.15) is 5.26 Å². The second-order valence-corrected chi connectivity index (χ2v) is 5.37. The third kappa shape index (κ3) is 5.92. The van der Waals surface area contributed by atoms with Gasteiger partial charge in [-0.3, -0.25) is 10.1 Å². The summed E-state index contributed by atoms with van der Waals surface area (Å²) in [5.74, 6) is -0.184. The number of anilines is 1. The summed E-state index contributed by atoms with van der Waals surface area (Å²) in [6, 6.07) is 3.33. The predicted octanol–water partition coefficient (Wildman–Crippen LogP) is 0.831. The summed E-state index contributed by atoms with van der Waals surface area (Å²) in [5.41, 5.74) is 0.201. The lowest BCUT2D eigenvalue weighted by molar-refractivity contribution is 0.0941. The number of aliphatic hydroxyl groups excluding tert-OH is 1. The maximum absolute atomic E-state index is 12.1. The lowest BCUT2D eigenvalue weighted by Crippen LogP contribution is -2.33. The number of guanidine groups is 1. The van der Waals surface area contributed by atoms with Gasteiger partial charge in [0.1, 0.15) is 0 Å². The molecule has 0 aliphatic rings. The molecule has 1 rings (SSSR count). The first-order valence-corrected chi connectivity index (χ1v) is 7.29. The monoisotopic (exact) mass is 318 g/mol. The van der Waals surface area contributed by atoms with E-state index in [2.05, 4.69) is 25.9 Å². The van der Waals surface area contributed by atoms with Gasteiger partial charge in [0.15, 0.2) is 11.9 Å². The maximum atomic E-state index is 12.1. The number of rotatable bonds is 6. The number of carbonyl (C=O) groups excluding carboxylic acids is 1. The number of hydrogen-bond donors (Lipinski definition) is 4. The van der Waals surface area contributed by atoms with E-state index in [1.807, 2.05) is 27.0 Å². The Kier molecular flexibility index (Phi) is 6.96. The first kappa shape index (κ1) is 18.4. The van der Waals surface area contributed by atoms with E-state index in [4.69, 9.17) is 10.4 Å². The van der Waals surface area contributed by atoms with Crippen molar-refractivity contribution in [3.8, 4) is 6.19 Å². The zero-order valence-corrected chi connectivity index (χ0v) is 13.6. The molecule has 0 aliphatic heterocycles. The van der Waals surface area contributed by atoms with Crippen molar-refractivity contribution in [1.29, 1.82) is 5.26 Å². The van der Waals surface area contributed by atoms with Crippen LogP contribution in [0.2, 0.25) is 0 Å². The number of nitrogens with zero attached hydrogens (tertiary/aromatic N) is 3. The highest BCUT2D eigenvalue weighted by atomic mass is 16.3. The van der Waals surface area contributed by atoms with E-state index in [9.17, 15) is 4.79 Å². The number of aliphatic imine (C=N–C) groups is 1. The van der Waals surface area contributed by atoms with Crippen molar-refractivity contribution in [3.05, 3.63) is 24.0 Å². The van der Waals surface area contributed by atoms with Gasteiger partial charge in [-0.05, 0) is 32.4 Å². The van der Waals surface area contributed by atoms with Crippen LogP contribution in [0.25, 0.3) is 0 Å². The molecule has 0 saturated carbocycles. The summed E-state index contributed by atoms with van der Waals surface area (Å²) in [6.07, 6.45) is 4.09. The molecule has 0 saturated heterocycles. The fourth-order valence-corrected chi connectivity index (χ4v) is 1.59. The molecule has 8 nitrogen and oxygen atoms in total. The summed E-state index contributed by atoms with van der Waals surface area (Å²) in [7, 11) is 0. The zero-order valence-electron chi connectivity index (χ0n) is 13.6. The highest BCUT2D eigenvalue weighted by Gasteiger charge is 2.17. The van der Waals surface area contributed by atoms with Crippen LogP contribution < -0.4 is 16.0 Å². The number of nitriles is 1. The minimum Gasteiger partial charge on any atom is -0.395 e. The molecule has 1 aromatic rings. The van der Waals surface area contributed by atoms with Crippen molar-refractivity contribution in [1.82, 2.24) is 15.6 Å². The Hall–Kier alpha value is -2.66. The van der Waals surface area contributed by atoms with Crippen LogP contribution in [0, 0.1) is 11.5 Å². The van der Waals surface area contributed by atoms with Crippen molar-refractivity contribution in [3.63, 3.8) is 0 Å². The number of carbonyl (C=O) groups is 1. The Bertz CT molecular complexity index is 606. The van der Waals surface area contributed by atoms with E-state index in [-0.39, 0.29) is 30.3 Å². The fourth-order valence-electron chi connectivity index (χ4n) is 1.59. The topological polar surface area (TPSA) is 122 Å². The van der Waals surface area contributed by atoms with Crippen molar-refractivity contribution in [2.24, 2.45) is 4.99 Å². The molecular weight excluding hydrogens is 296 g/mol. The van der Waals surface area contributed by atoms with Crippen LogP contribution in [-0.2, 0) is 0 Å². The van der Waals surface area contributed by atoms with Crippen molar-refractivity contribution in [2.45, 2.75) is 32.7 Å². The van der Waals surface area contributed by atoms with Crippen molar-refractivity contribution < 1.29 is 9.90 Å². The van der Waals surface area contributed by atoms with E-state index in [1.54, 1.807) is 12.1 Å². The predicted molar refractivity (Wildman–Crippen MR) is 87.8 cm³/mol. The molecular formula is C15H22N6O2. The van der Waals surface area contributed by atoms with Gasteiger partial charge in [-0.15, -0.1) is 0 Å². The summed E-state index contributed by atoms with van der Waals surface area (Å²) in [5, 5.41) is 25.6. The van der Waals surface area contributed by atoms with Gasteiger partial charge in [-0.1, -0.05) is 6.92 Å². The van der Waals surface area contributed by atoms with Crippen molar-refractivity contribution in [2.75, 3.05) is 18.5 Å². The molecule has 0 atom stereocenters. The molecule has 0 aliphatic carbocycles. The molecule has 0 unspecified atom stereocenters. The summed E-state index contributed by atoms with van der Waals surface area (Å²) in [4.78, 5) is 20.5. The van der Waals surface area contributed by atoms with Crippen LogP contribution in [0.5, 0.6) is 0 Å². The maximum Gasteiger partial charge on any atom is 0.272 e. The summed E-state index contributed by atoms with van der Waals surface area (Å²) < 4.78 is 0. The van der Waals surface area contributed by atoms with Crippen LogP contribution in [0.4, 0.5) is 5.69 Å². The van der Waals surface area contributed by atoms with Crippen LogP contribution in [0.3, 0.4) is 0 Å². The van der Waals surface area contributed by atoms with Gasteiger partial charge in [0.05, 0.1) is 17.8 Å². The molecule has 124 valence electrons. The minimum absolute atomic E-state index is 0.134. The van der Waals surface area contributed by atoms with E-state index in [0.29, 0.717) is 5.69 Å². The summed E-state index contributed by atoms with van der Waals surface area (Å²) in [6.45, 7) is 5.84. The Labute approximate surface area is 135 Å². The average Bonchev–Trinajstić information content (AvgIpc) is 2.53. The lowest BCUT2D eigenvalue weighted by atomic mass is 10.0.